The van der Waals surface area contributed by atoms with Gasteiger partial charge in [0.1, 0.15) is 0 Å². The second-order valence-corrected chi connectivity index (χ2v) is 6.77. The van der Waals surface area contributed by atoms with Gasteiger partial charge in [-0.1, -0.05) is 24.3 Å². The molecule has 0 N–H and O–H groups in total. The molecule has 0 unspecified atom stereocenters. The van der Waals surface area contributed by atoms with E-state index in [1.165, 1.54) is 5.56 Å². The van der Waals surface area contributed by atoms with Crippen molar-refractivity contribution in [3.05, 3.63) is 65.2 Å². The molecule has 1 aliphatic heterocycles. The van der Waals surface area contributed by atoms with E-state index in [1.54, 1.807) is 24.0 Å². The minimum Gasteiger partial charge on any atom is -0.449 e. The average molecular weight is 352 g/mol. The number of esters is 1. The van der Waals surface area contributed by atoms with Crippen LogP contribution in [0.15, 0.2) is 48.5 Å². The number of benzene rings is 2. The Bertz CT molecular complexity index is 799. The Kier molecular flexibility index (Phi) is 5.26. The number of rotatable bonds is 4. The Labute approximate surface area is 154 Å². The zero-order valence-electron chi connectivity index (χ0n) is 15.4. The number of carbonyl (C=O) groups excluding carboxylic acids is 2. The molecule has 2 aromatic carbocycles. The van der Waals surface area contributed by atoms with Crippen molar-refractivity contribution in [2.45, 2.75) is 26.0 Å². The first kappa shape index (κ1) is 18.0. The van der Waals surface area contributed by atoms with Crippen LogP contribution in [0.5, 0.6) is 0 Å². The van der Waals surface area contributed by atoms with Gasteiger partial charge in [-0.15, -0.1) is 0 Å². The molecule has 1 amide bonds. The lowest BCUT2D eigenvalue weighted by molar-refractivity contribution is -0.140. The van der Waals surface area contributed by atoms with Crippen LogP contribution in [0, 0.1) is 0 Å². The summed E-state index contributed by atoms with van der Waals surface area (Å²) in [5, 5.41) is 0. The molecule has 0 radical (unpaired) electrons. The Balaban J connectivity index is 1.61. The summed E-state index contributed by atoms with van der Waals surface area (Å²) in [6.45, 7) is 2.85. The highest BCUT2D eigenvalue weighted by Gasteiger charge is 2.27. The smallest absolute Gasteiger partial charge is 0.338 e. The lowest BCUT2D eigenvalue weighted by Crippen LogP contribution is -2.42. The van der Waals surface area contributed by atoms with E-state index in [9.17, 15) is 9.59 Å². The quantitative estimate of drug-likeness (QED) is 0.794. The summed E-state index contributed by atoms with van der Waals surface area (Å²) in [5.74, 6) is -0.633. The normalized spacial score (nSPS) is 14.3. The lowest BCUT2D eigenvalue weighted by Gasteiger charge is -2.30. The number of amides is 1. The van der Waals surface area contributed by atoms with Crippen LogP contribution in [0.2, 0.25) is 0 Å². The Morgan fingerprint density at radius 1 is 1.04 bits per heavy atom. The Morgan fingerprint density at radius 3 is 2.35 bits per heavy atom. The number of carbonyl (C=O) groups is 2. The molecule has 5 nitrogen and oxygen atoms in total. The Morgan fingerprint density at radius 2 is 1.69 bits per heavy atom. The zero-order valence-corrected chi connectivity index (χ0v) is 15.4. The monoisotopic (exact) mass is 352 g/mol. The van der Waals surface area contributed by atoms with Gasteiger partial charge in [-0.3, -0.25) is 4.79 Å². The number of ether oxygens (including phenoxy) is 1. The van der Waals surface area contributed by atoms with Gasteiger partial charge in [-0.2, -0.15) is 0 Å². The van der Waals surface area contributed by atoms with Crippen LogP contribution in [0.4, 0.5) is 5.69 Å². The van der Waals surface area contributed by atoms with Gasteiger partial charge in [0.25, 0.3) is 5.91 Å². The highest BCUT2D eigenvalue weighted by molar-refractivity contribution is 5.92. The number of hydrogen-bond donors (Lipinski definition) is 0. The molecule has 136 valence electrons. The number of hydrogen-bond acceptors (Lipinski definition) is 4. The van der Waals surface area contributed by atoms with Crippen molar-refractivity contribution in [1.29, 1.82) is 0 Å². The zero-order chi connectivity index (χ0) is 18.7. The van der Waals surface area contributed by atoms with E-state index in [-0.39, 0.29) is 5.91 Å². The van der Waals surface area contributed by atoms with Crippen molar-refractivity contribution >= 4 is 17.6 Å². The standard InChI is InChI=1S/C21H24N2O3/c1-15(26-21(25)17-8-10-19(11-9-17)22(2)3)20(24)23-13-12-16-6-4-5-7-18(16)14-23/h4-11,15H,12-14H2,1-3H3/t15-/m0/s1. The molecular weight excluding hydrogens is 328 g/mol. The van der Waals surface area contributed by atoms with Crippen LogP contribution >= 0.6 is 0 Å². The van der Waals surface area contributed by atoms with E-state index in [4.69, 9.17) is 4.74 Å². The van der Waals surface area contributed by atoms with Gasteiger partial charge >= 0.3 is 5.97 Å². The molecule has 0 fully saturated rings. The predicted octanol–water partition coefficient (Wildman–Crippen LogP) is 2.88. The molecule has 0 spiro atoms. The van der Waals surface area contributed by atoms with Gasteiger partial charge in [-0.25, -0.2) is 4.79 Å². The number of nitrogens with zero attached hydrogens (tertiary/aromatic N) is 2. The Hall–Kier alpha value is -2.82. The third-order valence-corrected chi connectivity index (χ3v) is 4.69. The van der Waals surface area contributed by atoms with E-state index in [0.717, 1.165) is 17.7 Å². The molecule has 26 heavy (non-hydrogen) atoms. The molecule has 1 aliphatic rings. The van der Waals surface area contributed by atoms with Crippen LogP contribution < -0.4 is 4.90 Å². The molecular formula is C21H24N2O3. The van der Waals surface area contributed by atoms with Crippen LogP contribution in [0.3, 0.4) is 0 Å². The fraction of sp³-hybridized carbons (Fsp3) is 0.333. The fourth-order valence-corrected chi connectivity index (χ4v) is 3.12. The predicted molar refractivity (Wildman–Crippen MR) is 101 cm³/mol. The molecule has 0 saturated heterocycles. The molecule has 2 aromatic rings. The number of anilines is 1. The topological polar surface area (TPSA) is 49.9 Å². The highest BCUT2D eigenvalue weighted by atomic mass is 16.5. The third kappa shape index (κ3) is 3.87. The van der Waals surface area contributed by atoms with Crippen LogP contribution in [-0.2, 0) is 22.5 Å². The van der Waals surface area contributed by atoms with Gasteiger partial charge in [0, 0.05) is 32.9 Å². The van der Waals surface area contributed by atoms with Gasteiger partial charge in [0.2, 0.25) is 0 Å². The summed E-state index contributed by atoms with van der Waals surface area (Å²) < 4.78 is 5.40. The fourth-order valence-electron chi connectivity index (χ4n) is 3.12. The molecule has 5 heteroatoms. The van der Waals surface area contributed by atoms with E-state index in [1.807, 2.05) is 49.3 Å². The van der Waals surface area contributed by atoms with Gasteiger partial charge in [-0.05, 0) is 48.7 Å². The average Bonchev–Trinajstić information content (AvgIpc) is 2.67. The molecule has 0 aromatic heterocycles. The van der Waals surface area contributed by atoms with Crippen molar-refractivity contribution in [2.75, 3.05) is 25.5 Å². The minimum absolute atomic E-state index is 0.155. The van der Waals surface area contributed by atoms with E-state index < -0.39 is 12.1 Å². The first-order chi connectivity index (χ1) is 12.5. The summed E-state index contributed by atoms with van der Waals surface area (Å²) in [6.07, 6.45) is 0.0236. The molecule has 1 heterocycles. The summed E-state index contributed by atoms with van der Waals surface area (Å²) in [4.78, 5) is 28.7. The van der Waals surface area contributed by atoms with Crippen molar-refractivity contribution in [2.24, 2.45) is 0 Å². The van der Waals surface area contributed by atoms with Crippen molar-refractivity contribution in [3.8, 4) is 0 Å². The lowest BCUT2D eigenvalue weighted by atomic mass is 9.99. The van der Waals surface area contributed by atoms with Crippen LogP contribution in [0.1, 0.15) is 28.4 Å². The molecule has 0 bridgehead atoms. The molecule has 0 aliphatic carbocycles. The summed E-state index contributed by atoms with van der Waals surface area (Å²) in [6, 6.07) is 15.3. The van der Waals surface area contributed by atoms with Gasteiger partial charge < -0.3 is 14.5 Å². The molecule has 1 atom stereocenters. The second kappa shape index (κ2) is 7.60. The van der Waals surface area contributed by atoms with E-state index >= 15 is 0 Å². The van der Waals surface area contributed by atoms with Gasteiger partial charge in [0.15, 0.2) is 6.10 Å². The van der Waals surface area contributed by atoms with Crippen molar-refractivity contribution < 1.29 is 14.3 Å². The maximum atomic E-state index is 12.7. The molecule has 0 saturated carbocycles. The summed E-state index contributed by atoms with van der Waals surface area (Å²) in [5.41, 5.74) is 3.88. The van der Waals surface area contributed by atoms with E-state index in [0.29, 0.717) is 18.7 Å². The third-order valence-electron chi connectivity index (χ3n) is 4.69. The maximum Gasteiger partial charge on any atom is 0.338 e. The first-order valence-corrected chi connectivity index (χ1v) is 8.79. The van der Waals surface area contributed by atoms with Gasteiger partial charge in [0.05, 0.1) is 5.56 Å². The minimum atomic E-state index is -0.804. The van der Waals surface area contributed by atoms with Crippen LogP contribution in [-0.4, -0.2) is 43.5 Å². The van der Waals surface area contributed by atoms with Crippen molar-refractivity contribution in [1.82, 2.24) is 4.90 Å². The maximum absolute atomic E-state index is 12.7. The van der Waals surface area contributed by atoms with E-state index in [2.05, 4.69) is 6.07 Å². The first-order valence-electron chi connectivity index (χ1n) is 8.79. The molecule has 3 rings (SSSR count). The summed E-state index contributed by atoms with van der Waals surface area (Å²) >= 11 is 0. The largest absolute Gasteiger partial charge is 0.449 e. The number of fused-ring (bicyclic) bond motifs is 1. The van der Waals surface area contributed by atoms with Crippen molar-refractivity contribution in [3.63, 3.8) is 0 Å². The second-order valence-electron chi connectivity index (χ2n) is 6.77. The SMILES string of the molecule is C[C@H](OC(=O)c1ccc(N(C)C)cc1)C(=O)N1CCc2ccccc2C1. The van der Waals surface area contributed by atoms with Crippen LogP contribution in [0.25, 0.3) is 0 Å². The summed E-state index contributed by atoms with van der Waals surface area (Å²) in [7, 11) is 3.87. The highest BCUT2D eigenvalue weighted by Crippen LogP contribution is 2.20.